The highest BCUT2D eigenvalue weighted by atomic mass is 32.2. The van der Waals surface area contributed by atoms with E-state index in [1.165, 1.54) is 11.8 Å². The van der Waals surface area contributed by atoms with Gasteiger partial charge >= 0.3 is 0 Å². The van der Waals surface area contributed by atoms with Crippen LogP contribution in [0.3, 0.4) is 0 Å². The van der Waals surface area contributed by atoms with Gasteiger partial charge in [-0.25, -0.2) is 4.98 Å². The molecular weight excluding hydrogens is 358 g/mol. The van der Waals surface area contributed by atoms with Crippen LogP contribution < -0.4 is 5.56 Å². The molecule has 0 N–H and O–H groups in total. The summed E-state index contributed by atoms with van der Waals surface area (Å²) < 4.78 is 7.06. The van der Waals surface area contributed by atoms with Crippen LogP contribution in [0, 0.1) is 11.3 Å². The Kier molecular flexibility index (Phi) is 4.77. The Morgan fingerprint density at radius 3 is 2.81 bits per heavy atom. The number of nitriles is 1. The summed E-state index contributed by atoms with van der Waals surface area (Å²) in [7, 11) is 0. The molecule has 4 rings (SSSR count). The average molecular weight is 373 g/mol. The number of furan rings is 1. The Balaban J connectivity index is 1.73. The van der Waals surface area contributed by atoms with Crippen molar-refractivity contribution in [3.05, 3.63) is 94.2 Å². The first kappa shape index (κ1) is 17.1. The minimum Gasteiger partial charge on any atom is -0.467 e. The standard InChI is InChI=1S/C21H15N3O2S/c22-12-15-5-3-6-16(11-15)14-27-21-23-19-9-2-1-8-18(19)20(25)24(21)13-17-7-4-10-26-17/h1-11H,13-14H2. The van der Waals surface area contributed by atoms with Crippen LogP contribution in [0.5, 0.6) is 0 Å². The van der Waals surface area contributed by atoms with E-state index in [4.69, 9.17) is 14.7 Å². The van der Waals surface area contributed by atoms with Crippen molar-refractivity contribution in [1.82, 2.24) is 9.55 Å². The normalized spacial score (nSPS) is 10.8. The van der Waals surface area contributed by atoms with Gasteiger partial charge in [0.1, 0.15) is 5.76 Å². The Labute approximate surface area is 159 Å². The molecule has 0 amide bonds. The van der Waals surface area contributed by atoms with Gasteiger partial charge in [-0.3, -0.25) is 9.36 Å². The second-order valence-electron chi connectivity index (χ2n) is 5.98. The summed E-state index contributed by atoms with van der Waals surface area (Å²) in [6, 6.07) is 20.6. The summed E-state index contributed by atoms with van der Waals surface area (Å²) in [5, 5.41) is 10.3. The van der Waals surface area contributed by atoms with E-state index in [0.717, 1.165) is 5.56 Å². The minimum atomic E-state index is -0.0923. The molecule has 2 aromatic heterocycles. The van der Waals surface area contributed by atoms with Crippen LogP contribution in [0.4, 0.5) is 0 Å². The highest BCUT2D eigenvalue weighted by Gasteiger charge is 2.13. The number of benzene rings is 2. The molecule has 0 aliphatic rings. The molecule has 0 unspecified atom stereocenters. The predicted octanol–water partition coefficient (Wildman–Crippen LogP) is 4.20. The van der Waals surface area contributed by atoms with Crippen LogP contribution in [0.1, 0.15) is 16.9 Å². The summed E-state index contributed by atoms with van der Waals surface area (Å²) in [5.41, 5.74) is 2.20. The monoisotopic (exact) mass is 373 g/mol. The SMILES string of the molecule is N#Cc1cccc(CSc2nc3ccccc3c(=O)n2Cc2ccco2)c1. The third-order valence-corrected chi connectivity index (χ3v) is 5.19. The zero-order chi connectivity index (χ0) is 18.6. The quantitative estimate of drug-likeness (QED) is 0.387. The van der Waals surface area contributed by atoms with Gasteiger partial charge in [0.15, 0.2) is 5.16 Å². The maximum absolute atomic E-state index is 13.0. The van der Waals surface area contributed by atoms with Crippen LogP contribution >= 0.6 is 11.8 Å². The number of para-hydroxylation sites is 1. The maximum atomic E-state index is 13.0. The van der Waals surface area contributed by atoms with Crippen molar-refractivity contribution in [2.75, 3.05) is 0 Å². The molecule has 4 aromatic rings. The van der Waals surface area contributed by atoms with Gasteiger partial charge in [-0.05, 0) is 42.0 Å². The summed E-state index contributed by atoms with van der Waals surface area (Å²) in [6.07, 6.45) is 1.59. The van der Waals surface area contributed by atoms with Crippen LogP contribution in [0.2, 0.25) is 0 Å². The number of thioether (sulfide) groups is 1. The third-order valence-electron chi connectivity index (χ3n) is 4.14. The molecule has 132 valence electrons. The molecule has 27 heavy (non-hydrogen) atoms. The second-order valence-corrected chi connectivity index (χ2v) is 6.93. The molecule has 0 atom stereocenters. The second kappa shape index (κ2) is 7.52. The maximum Gasteiger partial charge on any atom is 0.262 e. The molecule has 0 saturated carbocycles. The Bertz CT molecular complexity index is 1190. The van der Waals surface area contributed by atoms with Gasteiger partial charge < -0.3 is 4.42 Å². The molecular formula is C21H15N3O2S. The van der Waals surface area contributed by atoms with E-state index in [1.807, 2.05) is 42.5 Å². The van der Waals surface area contributed by atoms with E-state index in [2.05, 4.69) is 6.07 Å². The highest BCUT2D eigenvalue weighted by molar-refractivity contribution is 7.98. The zero-order valence-corrected chi connectivity index (χ0v) is 15.1. The molecule has 2 aromatic carbocycles. The van der Waals surface area contributed by atoms with E-state index >= 15 is 0 Å². The van der Waals surface area contributed by atoms with Crippen LogP contribution in [-0.2, 0) is 12.3 Å². The van der Waals surface area contributed by atoms with E-state index in [9.17, 15) is 4.79 Å². The Hall–Kier alpha value is -3.30. The molecule has 0 spiro atoms. The van der Waals surface area contributed by atoms with Gasteiger partial charge in [0.2, 0.25) is 0 Å². The molecule has 0 aliphatic carbocycles. The molecule has 0 bridgehead atoms. The Morgan fingerprint density at radius 1 is 1.11 bits per heavy atom. The van der Waals surface area contributed by atoms with Crippen molar-refractivity contribution < 1.29 is 4.42 Å². The van der Waals surface area contributed by atoms with Crippen molar-refractivity contribution in [3.8, 4) is 6.07 Å². The lowest BCUT2D eigenvalue weighted by Gasteiger charge is -2.12. The van der Waals surface area contributed by atoms with Gasteiger partial charge in [0.05, 0.1) is 35.3 Å². The predicted molar refractivity (Wildman–Crippen MR) is 105 cm³/mol. The van der Waals surface area contributed by atoms with Crippen molar-refractivity contribution in [1.29, 1.82) is 5.26 Å². The topological polar surface area (TPSA) is 71.8 Å². The highest BCUT2D eigenvalue weighted by Crippen LogP contribution is 2.23. The zero-order valence-electron chi connectivity index (χ0n) is 14.3. The minimum absolute atomic E-state index is 0.0923. The number of aromatic nitrogens is 2. The van der Waals surface area contributed by atoms with Crippen LogP contribution in [-0.4, -0.2) is 9.55 Å². The molecule has 6 heteroatoms. The molecule has 0 aliphatic heterocycles. The lowest BCUT2D eigenvalue weighted by atomic mass is 10.2. The first-order valence-electron chi connectivity index (χ1n) is 8.38. The fourth-order valence-electron chi connectivity index (χ4n) is 2.83. The van der Waals surface area contributed by atoms with Crippen molar-refractivity contribution in [2.24, 2.45) is 0 Å². The van der Waals surface area contributed by atoms with E-state index in [0.29, 0.717) is 39.7 Å². The lowest BCUT2D eigenvalue weighted by Crippen LogP contribution is -2.23. The lowest BCUT2D eigenvalue weighted by molar-refractivity contribution is 0.476. The third kappa shape index (κ3) is 3.64. The van der Waals surface area contributed by atoms with Gasteiger partial charge in [-0.15, -0.1) is 0 Å². The van der Waals surface area contributed by atoms with E-state index < -0.39 is 0 Å². The number of hydrogen-bond acceptors (Lipinski definition) is 5. The number of hydrogen-bond donors (Lipinski definition) is 0. The van der Waals surface area contributed by atoms with E-state index in [-0.39, 0.29) is 5.56 Å². The molecule has 0 radical (unpaired) electrons. The number of rotatable bonds is 5. The van der Waals surface area contributed by atoms with Crippen LogP contribution in [0.15, 0.2) is 81.3 Å². The van der Waals surface area contributed by atoms with Gasteiger partial charge in [0.25, 0.3) is 5.56 Å². The first-order valence-corrected chi connectivity index (χ1v) is 9.37. The molecule has 5 nitrogen and oxygen atoms in total. The first-order chi connectivity index (χ1) is 13.2. The fraction of sp³-hybridized carbons (Fsp3) is 0.0952. The summed E-state index contributed by atoms with van der Waals surface area (Å²) in [6.45, 7) is 0.324. The van der Waals surface area contributed by atoms with E-state index in [1.54, 1.807) is 29.0 Å². The summed E-state index contributed by atoms with van der Waals surface area (Å²) in [4.78, 5) is 17.7. The average Bonchev–Trinajstić information content (AvgIpc) is 3.22. The summed E-state index contributed by atoms with van der Waals surface area (Å²) >= 11 is 1.47. The molecule has 2 heterocycles. The van der Waals surface area contributed by atoms with Gasteiger partial charge in [-0.2, -0.15) is 5.26 Å². The van der Waals surface area contributed by atoms with Crippen LogP contribution in [0.25, 0.3) is 10.9 Å². The number of nitrogens with zero attached hydrogens (tertiary/aromatic N) is 3. The van der Waals surface area contributed by atoms with Crippen molar-refractivity contribution >= 4 is 22.7 Å². The summed E-state index contributed by atoms with van der Waals surface area (Å²) in [5.74, 6) is 1.31. The van der Waals surface area contributed by atoms with Gasteiger partial charge in [-0.1, -0.05) is 36.0 Å². The molecule has 0 fully saturated rings. The largest absolute Gasteiger partial charge is 0.467 e. The van der Waals surface area contributed by atoms with Crippen molar-refractivity contribution in [3.63, 3.8) is 0 Å². The number of fused-ring (bicyclic) bond motifs is 1. The smallest absolute Gasteiger partial charge is 0.262 e. The molecule has 0 saturated heterocycles. The van der Waals surface area contributed by atoms with Gasteiger partial charge in [0, 0.05) is 5.75 Å². The van der Waals surface area contributed by atoms with Crippen molar-refractivity contribution in [2.45, 2.75) is 17.5 Å². The Morgan fingerprint density at radius 2 is 2.00 bits per heavy atom. The fourth-order valence-corrected chi connectivity index (χ4v) is 3.78.